The van der Waals surface area contributed by atoms with E-state index >= 15 is 0 Å². The minimum Gasteiger partial charge on any atom is -0.376 e. The molecule has 2 aliphatic rings. The molecule has 0 spiro atoms. The fourth-order valence-electron chi connectivity index (χ4n) is 3.29. The summed E-state index contributed by atoms with van der Waals surface area (Å²) in [5.41, 5.74) is 0.588. The number of rotatable bonds is 5. The van der Waals surface area contributed by atoms with Crippen LogP contribution in [0.15, 0.2) is 28.7 Å². The van der Waals surface area contributed by atoms with Gasteiger partial charge in [-0.1, -0.05) is 12.1 Å². The minimum absolute atomic E-state index is 0.0304. The maximum absolute atomic E-state index is 13.0. The summed E-state index contributed by atoms with van der Waals surface area (Å²) in [4.78, 5) is 29.0. The van der Waals surface area contributed by atoms with Gasteiger partial charge in [-0.2, -0.15) is 0 Å². The van der Waals surface area contributed by atoms with Crippen LogP contribution < -0.4 is 0 Å². The molecule has 3 rings (SSSR count). The summed E-state index contributed by atoms with van der Waals surface area (Å²) in [6, 6.07) is 7.35. The first kappa shape index (κ1) is 17.4. The van der Waals surface area contributed by atoms with Crippen molar-refractivity contribution in [3.63, 3.8) is 0 Å². The predicted molar refractivity (Wildman–Crippen MR) is 94.8 cm³/mol. The van der Waals surface area contributed by atoms with Crippen LogP contribution in [0.3, 0.4) is 0 Å². The molecule has 2 heterocycles. The number of benzene rings is 1. The molecular weight excluding hydrogens is 372 g/mol. The van der Waals surface area contributed by atoms with Gasteiger partial charge in [0.25, 0.3) is 5.91 Å². The Bertz CT molecular complexity index is 596. The summed E-state index contributed by atoms with van der Waals surface area (Å²) in [6.07, 6.45) is 4.09. The second-order valence-corrected chi connectivity index (χ2v) is 7.24. The first-order chi connectivity index (χ1) is 11.6. The van der Waals surface area contributed by atoms with Gasteiger partial charge >= 0.3 is 0 Å². The van der Waals surface area contributed by atoms with Crippen molar-refractivity contribution in [1.82, 2.24) is 9.80 Å². The normalized spacial score (nSPS) is 20.4. The summed E-state index contributed by atoms with van der Waals surface area (Å²) >= 11 is 3.44. The fourth-order valence-corrected chi connectivity index (χ4v) is 3.74. The second-order valence-electron chi connectivity index (χ2n) is 6.39. The van der Waals surface area contributed by atoms with E-state index in [0.29, 0.717) is 12.1 Å². The number of amides is 2. The van der Waals surface area contributed by atoms with Gasteiger partial charge in [-0.25, -0.2) is 0 Å². The molecular formula is C18H23BrN2O3. The van der Waals surface area contributed by atoms with Gasteiger partial charge in [0.05, 0.1) is 11.7 Å². The highest BCUT2D eigenvalue weighted by Crippen LogP contribution is 2.20. The van der Waals surface area contributed by atoms with Crippen LogP contribution in [0.4, 0.5) is 0 Å². The summed E-state index contributed by atoms with van der Waals surface area (Å²) in [5, 5.41) is 0. The van der Waals surface area contributed by atoms with Crippen LogP contribution in [-0.2, 0) is 9.53 Å². The molecule has 1 aromatic rings. The lowest BCUT2D eigenvalue weighted by molar-refractivity contribution is -0.131. The lowest BCUT2D eigenvalue weighted by Gasteiger charge is -2.27. The lowest BCUT2D eigenvalue weighted by atomic mass is 10.1. The largest absolute Gasteiger partial charge is 0.376 e. The van der Waals surface area contributed by atoms with Gasteiger partial charge in [0.2, 0.25) is 5.91 Å². The molecule has 2 amide bonds. The maximum atomic E-state index is 13.0. The van der Waals surface area contributed by atoms with E-state index in [2.05, 4.69) is 15.9 Å². The molecule has 0 radical (unpaired) electrons. The summed E-state index contributed by atoms with van der Waals surface area (Å²) in [7, 11) is 0. The number of hydrogen-bond acceptors (Lipinski definition) is 3. The number of nitrogens with zero attached hydrogens (tertiary/aromatic N) is 2. The zero-order valence-electron chi connectivity index (χ0n) is 13.7. The van der Waals surface area contributed by atoms with Crippen molar-refractivity contribution < 1.29 is 14.3 Å². The average Bonchev–Trinajstić information content (AvgIpc) is 3.27. The number of likely N-dealkylation sites (tertiary alicyclic amines) is 1. The smallest absolute Gasteiger partial charge is 0.255 e. The minimum atomic E-state index is -0.120. The third kappa shape index (κ3) is 4.16. The average molecular weight is 395 g/mol. The molecule has 0 unspecified atom stereocenters. The van der Waals surface area contributed by atoms with Gasteiger partial charge in [-0.15, -0.1) is 0 Å². The molecule has 5 nitrogen and oxygen atoms in total. The van der Waals surface area contributed by atoms with E-state index in [1.807, 2.05) is 23.1 Å². The van der Waals surface area contributed by atoms with Crippen LogP contribution in [-0.4, -0.2) is 60.5 Å². The van der Waals surface area contributed by atoms with Crippen molar-refractivity contribution in [2.75, 3.05) is 32.8 Å². The SMILES string of the molecule is O=C(CN(C[C@@H]1CCCO1)C(=O)c1ccccc1Br)N1CCCC1. The highest BCUT2D eigenvalue weighted by atomic mass is 79.9. The maximum Gasteiger partial charge on any atom is 0.255 e. The molecule has 0 N–H and O–H groups in total. The van der Waals surface area contributed by atoms with Crippen molar-refractivity contribution in [1.29, 1.82) is 0 Å². The molecule has 6 heteroatoms. The third-order valence-corrected chi connectivity index (χ3v) is 5.32. The van der Waals surface area contributed by atoms with Crippen molar-refractivity contribution in [3.8, 4) is 0 Å². The second kappa shape index (κ2) is 8.12. The van der Waals surface area contributed by atoms with Crippen LogP contribution in [0.25, 0.3) is 0 Å². The summed E-state index contributed by atoms with van der Waals surface area (Å²) in [5.74, 6) is -0.0866. The molecule has 2 saturated heterocycles. The molecule has 1 aromatic carbocycles. The van der Waals surface area contributed by atoms with Crippen LogP contribution in [0.5, 0.6) is 0 Å². The van der Waals surface area contributed by atoms with E-state index in [-0.39, 0.29) is 24.5 Å². The van der Waals surface area contributed by atoms with Gasteiger partial charge in [0.1, 0.15) is 6.54 Å². The molecule has 2 aliphatic heterocycles. The Morgan fingerprint density at radius 3 is 2.62 bits per heavy atom. The Kier molecular flexibility index (Phi) is 5.89. The zero-order chi connectivity index (χ0) is 16.9. The van der Waals surface area contributed by atoms with Crippen LogP contribution in [0.2, 0.25) is 0 Å². The first-order valence-electron chi connectivity index (χ1n) is 8.58. The quantitative estimate of drug-likeness (QED) is 0.771. The van der Waals surface area contributed by atoms with Gasteiger partial charge in [0.15, 0.2) is 0 Å². The lowest BCUT2D eigenvalue weighted by Crippen LogP contribution is -2.45. The standard InChI is InChI=1S/C18H23BrN2O3/c19-16-8-2-1-7-15(16)18(23)21(12-14-6-5-11-24-14)13-17(22)20-9-3-4-10-20/h1-2,7-8,14H,3-6,9-13H2/t14-/m0/s1. The Labute approximate surface area is 151 Å². The van der Waals surface area contributed by atoms with Crippen molar-refractivity contribution in [2.24, 2.45) is 0 Å². The van der Waals surface area contributed by atoms with Gasteiger partial charge in [0, 0.05) is 30.7 Å². The topological polar surface area (TPSA) is 49.9 Å². The molecule has 0 saturated carbocycles. The Balaban J connectivity index is 1.74. The summed E-state index contributed by atoms with van der Waals surface area (Å²) in [6.45, 7) is 2.94. The monoisotopic (exact) mass is 394 g/mol. The number of ether oxygens (including phenoxy) is 1. The highest BCUT2D eigenvalue weighted by Gasteiger charge is 2.28. The Morgan fingerprint density at radius 2 is 1.96 bits per heavy atom. The third-order valence-electron chi connectivity index (χ3n) is 4.62. The number of carbonyl (C=O) groups is 2. The Hall–Kier alpha value is -1.40. The molecule has 0 bridgehead atoms. The van der Waals surface area contributed by atoms with Crippen LogP contribution in [0, 0.1) is 0 Å². The van der Waals surface area contributed by atoms with E-state index in [4.69, 9.17) is 4.74 Å². The van der Waals surface area contributed by atoms with Gasteiger partial charge in [-0.05, 0) is 53.7 Å². The van der Waals surface area contributed by atoms with E-state index in [9.17, 15) is 9.59 Å². The van der Waals surface area contributed by atoms with E-state index < -0.39 is 0 Å². The van der Waals surface area contributed by atoms with Gasteiger partial charge < -0.3 is 14.5 Å². The van der Waals surface area contributed by atoms with Crippen molar-refractivity contribution >= 4 is 27.7 Å². The van der Waals surface area contributed by atoms with E-state index in [0.717, 1.165) is 49.9 Å². The Morgan fingerprint density at radius 1 is 1.21 bits per heavy atom. The first-order valence-corrected chi connectivity index (χ1v) is 9.37. The van der Waals surface area contributed by atoms with Crippen LogP contribution >= 0.6 is 15.9 Å². The zero-order valence-corrected chi connectivity index (χ0v) is 15.3. The summed E-state index contributed by atoms with van der Waals surface area (Å²) < 4.78 is 6.43. The highest BCUT2D eigenvalue weighted by molar-refractivity contribution is 9.10. The fraction of sp³-hybridized carbons (Fsp3) is 0.556. The van der Waals surface area contributed by atoms with Crippen molar-refractivity contribution in [3.05, 3.63) is 34.3 Å². The number of hydrogen-bond donors (Lipinski definition) is 0. The molecule has 24 heavy (non-hydrogen) atoms. The van der Waals surface area contributed by atoms with E-state index in [1.54, 1.807) is 11.0 Å². The van der Waals surface area contributed by atoms with Gasteiger partial charge in [-0.3, -0.25) is 9.59 Å². The van der Waals surface area contributed by atoms with E-state index in [1.165, 1.54) is 0 Å². The van der Waals surface area contributed by atoms with Crippen LogP contribution in [0.1, 0.15) is 36.0 Å². The molecule has 0 aliphatic carbocycles. The number of halogens is 1. The molecule has 0 aromatic heterocycles. The number of carbonyl (C=O) groups excluding carboxylic acids is 2. The predicted octanol–water partition coefficient (Wildman–Crippen LogP) is 2.69. The molecule has 1 atom stereocenters. The van der Waals surface area contributed by atoms with Crippen molar-refractivity contribution in [2.45, 2.75) is 31.8 Å². The molecule has 2 fully saturated rings. The molecule has 130 valence electrons.